The molecule has 132 valence electrons. The van der Waals surface area contributed by atoms with Crippen molar-refractivity contribution < 1.29 is 4.74 Å². The number of benzene rings is 1. The fourth-order valence-electron chi connectivity index (χ4n) is 2.45. The summed E-state index contributed by atoms with van der Waals surface area (Å²) in [7, 11) is 1.72. The van der Waals surface area contributed by atoms with E-state index in [0.29, 0.717) is 6.61 Å². The lowest BCUT2D eigenvalue weighted by Gasteiger charge is -2.08. The summed E-state index contributed by atoms with van der Waals surface area (Å²) in [5.41, 5.74) is 4.28. The molecule has 4 nitrogen and oxygen atoms in total. The second-order valence-electron chi connectivity index (χ2n) is 5.62. The summed E-state index contributed by atoms with van der Waals surface area (Å²) < 4.78 is 7.42. The molecule has 0 atom stereocenters. The van der Waals surface area contributed by atoms with E-state index in [1.165, 1.54) is 5.69 Å². The first-order valence-corrected chi connectivity index (χ1v) is 10.2. The molecule has 0 radical (unpaired) electrons. The molecule has 25 heavy (non-hydrogen) atoms. The number of thiazole rings is 1. The van der Waals surface area contributed by atoms with E-state index in [9.17, 15) is 0 Å². The number of thioether (sulfide) groups is 1. The molecule has 0 fully saturated rings. The second kappa shape index (κ2) is 8.36. The molecule has 0 amide bonds. The first kappa shape index (κ1) is 18.5. The Hall–Kier alpha value is -1.34. The highest BCUT2D eigenvalue weighted by molar-refractivity contribution is 7.98. The van der Waals surface area contributed by atoms with Gasteiger partial charge in [-0.2, -0.15) is 0 Å². The highest BCUT2D eigenvalue weighted by Crippen LogP contribution is 2.32. The Balaban J connectivity index is 1.73. The van der Waals surface area contributed by atoms with Crippen molar-refractivity contribution in [3.8, 4) is 10.6 Å². The van der Waals surface area contributed by atoms with E-state index in [1.807, 2.05) is 31.2 Å². The summed E-state index contributed by atoms with van der Waals surface area (Å²) in [6.07, 6.45) is 0. The third-order valence-corrected chi connectivity index (χ3v) is 6.21. The SMILES string of the molecule is COCCn1c(SCc2csc(-c3ccccc3Cl)n2)nc(C)c1C. The van der Waals surface area contributed by atoms with E-state index in [0.717, 1.165) is 44.4 Å². The summed E-state index contributed by atoms with van der Waals surface area (Å²) in [4.78, 5) is 9.41. The van der Waals surface area contributed by atoms with Crippen LogP contribution in [0.5, 0.6) is 0 Å². The molecule has 0 aliphatic carbocycles. The Morgan fingerprint density at radius 2 is 2.04 bits per heavy atom. The predicted molar refractivity (Wildman–Crippen MR) is 106 cm³/mol. The second-order valence-corrected chi connectivity index (χ2v) is 7.83. The molecule has 0 unspecified atom stereocenters. The first-order chi connectivity index (χ1) is 12.1. The molecule has 0 aliphatic rings. The lowest BCUT2D eigenvalue weighted by Crippen LogP contribution is -2.07. The van der Waals surface area contributed by atoms with Gasteiger partial charge in [0.1, 0.15) is 5.01 Å². The summed E-state index contributed by atoms with van der Waals surface area (Å²) in [6, 6.07) is 7.81. The lowest BCUT2D eigenvalue weighted by molar-refractivity contribution is 0.184. The molecule has 3 rings (SSSR count). The van der Waals surface area contributed by atoms with Gasteiger partial charge >= 0.3 is 0 Å². The van der Waals surface area contributed by atoms with Crippen molar-refractivity contribution in [2.24, 2.45) is 0 Å². The standard InChI is InChI=1S/C18H20ClN3OS2/c1-12-13(2)22(8-9-23-3)18(20-12)25-11-14-10-24-17(21-14)15-6-4-5-7-16(15)19/h4-7,10H,8-9,11H2,1-3H3. The van der Waals surface area contributed by atoms with Crippen molar-refractivity contribution in [2.75, 3.05) is 13.7 Å². The van der Waals surface area contributed by atoms with Crippen molar-refractivity contribution in [1.82, 2.24) is 14.5 Å². The van der Waals surface area contributed by atoms with Gasteiger partial charge in [-0.05, 0) is 19.9 Å². The minimum Gasteiger partial charge on any atom is -0.383 e. The Labute approximate surface area is 161 Å². The predicted octanol–water partition coefficient (Wildman–Crippen LogP) is 5.22. The average Bonchev–Trinajstić information content (AvgIpc) is 3.17. The largest absolute Gasteiger partial charge is 0.383 e. The van der Waals surface area contributed by atoms with Crippen LogP contribution in [-0.4, -0.2) is 28.3 Å². The van der Waals surface area contributed by atoms with Crippen LogP contribution in [0.3, 0.4) is 0 Å². The number of hydrogen-bond acceptors (Lipinski definition) is 5. The van der Waals surface area contributed by atoms with Crippen LogP contribution >= 0.6 is 34.7 Å². The van der Waals surface area contributed by atoms with Crippen molar-refractivity contribution in [2.45, 2.75) is 31.3 Å². The molecular formula is C18H20ClN3OS2. The topological polar surface area (TPSA) is 39.9 Å². The van der Waals surface area contributed by atoms with Crippen molar-refractivity contribution in [3.05, 3.63) is 51.7 Å². The van der Waals surface area contributed by atoms with Crippen LogP contribution in [0.25, 0.3) is 10.6 Å². The Kier molecular flexibility index (Phi) is 6.17. The molecule has 3 aromatic rings. The third-order valence-electron chi connectivity index (χ3n) is 3.95. The molecule has 0 saturated heterocycles. The monoisotopic (exact) mass is 393 g/mol. The van der Waals surface area contributed by atoms with E-state index >= 15 is 0 Å². The normalized spacial score (nSPS) is 11.2. The van der Waals surface area contributed by atoms with Crippen LogP contribution in [0.1, 0.15) is 17.1 Å². The van der Waals surface area contributed by atoms with Crippen LogP contribution in [-0.2, 0) is 17.0 Å². The van der Waals surface area contributed by atoms with Gasteiger partial charge in [-0.15, -0.1) is 11.3 Å². The molecule has 1 aromatic carbocycles. The molecule has 0 aliphatic heterocycles. The lowest BCUT2D eigenvalue weighted by atomic mass is 10.2. The van der Waals surface area contributed by atoms with Crippen molar-refractivity contribution >= 4 is 34.7 Å². The Morgan fingerprint density at radius 3 is 2.80 bits per heavy atom. The van der Waals surface area contributed by atoms with E-state index in [1.54, 1.807) is 30.2 Å². The van der Waals surface area contributed by atoms with Crippen LogP contribution in [0.4, 0.5) is 0 Å². The van der Waals surface area contributed by atoms with Gasteiger partial charge in [0, 0.05) is 36.0 Å². The van der Waals surface area contributed by atoms with Gasteiger partial charge < -0.3 is 9.30 Å². The van der Waals surface area contributed by atoms with E-state index < -0.39 is 0 Å². The number of nitrogens with zero attached hydrogens (tertiary/aromatic N) is 3. The highest BCUT2D eigenvalue weighted by Gasteiger charge is 2.13. The van der Waals surface area contributed by atoms with Gasteiger partial charge in [-0.3, -0.25) is 0 Å². The smallest absolute Gasteiger partial charge is 0.168 e. The fourth-order valence-corrected chi connectivity index (χ4v) is 4.71. The fraction of sp³-hybridized carbons (Fsp3) is 0.333. The van der Waals surface area contributed by atoms with Gasteiger partial charge in [0.05, 0.1) is 23.0 Å². The van der Waals surface area contributed by atoms with Crippen LogP contribution in [0, 0.1) is 13.8 Å². The molecule has 2 aromatic heterocycles. The van der Waals surface area contributed by atoms with Crippen LogP contribution in [0.2, 0.25) is 5.02 Å². The first-order valence-electron chi connectivity index (χ1n) is 7.95. The van der Waals surface area contributed by atoms with Gasteiger partial charge in [-0.25, -0.2) is 9.97 Å². The summed E-state index contributed by atoms with van der Waals surface area (Å²) in [5, 5.41) is 4.79. The van der Waals surface area contributed by atoms with Crippen LogP contribution in [0.15, 0.2) is 34.8 Å². The maximum absolute atomic E-state index is 6.27. The molecule has 0 N–H and O–H groups in total. The number of aromatic nitrogens is 3. The summed E-state index contributed by atoms with van der Waals surface area (Å²) in [5.74, 6) is 0.782. The molecule has 0 saturated carbocycles. The molecular weight excluding hydrogens is 374 g/mol. The molecule has 0 bridgehead atoms. The van der Waals surface area contributed by atoms with Crippen molar-refractivity contribution in [3.63, 3.8) is 0 Å². The van der Waals surface area contributed by atoms with Gasteiger partial charge in [0.2, 0.25) is 0 Å². The maximum Gasteiger partial charge on any atom is 0.168 e. The third kappa shape index (κ3) is 4.26. The van der Waals surface area contributed by atoms with Crippen molar-refractivity contribution in [1.29, 1.82) is 0 Å². The number of methoxy groups -OCH3 is 1. The Bertz CT molecular complexity index is 860. The summed E-state index contributed by atoms with van der Waals surface area (Å²) in [6.45, 7) is 5.63. The Morgan fingerprint density at radius 1 is 1.24 bits per heavy atom. The minimum absolute atomic E-state index is 0.678. The van der Waals surface area contributed by atoms with Gasteiger partial charge in [0.25, 0.3) is 0 Å². The van der Waals surface area contributed by atoms with E-state index in [4.69, 9.17) is 21.3 Å². The number of imidazole rings is 1. The number of ether oxygens (including phenoxy) is 1. The highest BCUT2D eigenvalue weighted by atomic mass is 35.5. The number of halogens is 1. The molecule has 2 heterocycles. The van der Waals surface area contributed by atoms with Gasteiger partial charge in [0.15, 0.2) is 5.16 Å². The van der Waals surface area contributed by atoms with E-state index in [-0.39, 0.29) is 0 Å². The minimum atomic E-state index is 0.678. The molecule has 0 spiro atoms. The maximum atomic E-state index is 6.27. The number of aryl methyl sites for hydroxylation is 1. The number of rotatable bonds is 7. The zero-order chi connectivity index (χ0) is 17.8. The zero-order valence-corrected chi connectivity index (χ0v) is 16.8. The van der Waals surface area contributed by atoms with Gasteiger partial charge in [-0.1, -0.05) is 41.6 Å². The molecule has 7 heteroatoms. The summed E-state index contributed by atoms with van der Waals surface area (Å²) >= 11 is 9.59. The number of hydrogen-bond donors (Lipinski definition) is 0. The van der Waals surface area contributed by atoms with Crippen LogP contribution < -0.4 is 0 Å². The van der Waals surface area contributed by atoms with E-state index in [2.05, 4.69) is 21.9 Å². The zero-order valence-electron chi connectivity index (χ0n) is 14.5. The average molecular weight is 394 g/mol. The quantitative estimate of drug-likeness (QED) is 0.516.